The first-order chi connectivity index (χ1) is 10.8. The van der Waals surface area contributed by atoms with Crippen molar-refractivity contribution in [2.45, 2.75) is 60.1 Å². The van der Waals surface area contributed by atoms with Crippen molar-refractivity contribution < 1.29 is 18.8 Å². The van der Waals surface area contributed by atoms with E-state index in [-0.39, 0.29) is 16.3 Å². The highest BCUT2D eigenvalue weighted by Crippen LogP contribution is 2.36. The molecule has 0 saturated heterocycles. The smallest absolute Gasteiger partial charge is 0.313 e. The topological polar surface area (TPSA) is 72.6 Å². The number of carbonyl (C=O) groups excluding carboxylic acids is 2. The van der Waals surface area contributed by atoms with Gasteiger partial charge in [-0.05, 0) is 27.7 Å². The third-order valence-corrected chi connectivity index (χ3v) is 4.13. The molecule has 0 aliphatic carbocycles. The Bertz CT molecular complexity index is 707. The number of ether oxygens (including phenoxy) is 1. The van der Waals surface area contributed by atoms with Crippen LogP contribution in [0.5, 0.6) is 0 Å². The number of hydrogen-bond donors (Lipinski definition) is 0. The SMILES string of the molecule is CC1=C(Cl)C(=O)N(c2cc(C(C)(C)C)on2)C1OC(=O)C(C)(C)C. The average molecular weight is 355 g/mol. The lowest BCUT2D eigenvalue weighted by Crippen LogP contribution is -2.41. The Kier molecular flexibility index (Phi) is 4.57. The lowest BCUT2D eigenvalue weighted by atomic mass is 9.93. The van der Waals surface area contributed by atoms with Gasteiger partial charge in [0.2, 0.25) is 6.23 Å². The minimum atomic E-state index is -0.922. The van der Waals surface area contributed by atoms with Crippen molar-refractivity contribution in [3.05, 3.63) is 22.4 Å². The Labute approximate surface area is 146 Å². The molecule has 0 fully saturated rings. The zero-order chi connectivity index (χ0) is 18.4. The summed E-state index contributed by atoms with van der Waals surface area (Å²) in [4.78, 5) is 26.0. The summed E-state index contributed by atoms with van der Waals surface area (Å²) in [6, 6.07) is 1.67. The van der Waals surface area contributed by atoms with Crippen LogP contribution in [0.1, 0.15) is 54.2 Å². The van der Waals surface area contributed by atoms with Crippen molar-refractivity contribution in [1.82, 2.24) is 5.16 Å². The number of esters is 1. The maximum absolute atomic E-state index is 12.5. The van der Waals surface area contributed by atoms with Gasteiger partial charge >= 0.3 is 5.97 Å². The predicted molar refractivity (Wildman–Crippen MR) is 90.6 cm³/mol. The number of anilines is 1. The van der Waals surface area contributed by atoms with Gasteiger partial charge in [-0.2, -0.15) is 0 Å². The lowest BCUT2D eigenvalue weighted by Gasteiger charge is -2.26. The summed E-state index contributed by atoms with van der Waals surface area (Å²) in [5.74, 6) is -0.0105. The van der Waals surface area contributed by atoms with Gasteiger partial charge in [-0.15, -0.1) is 0 Å². The van der Waals surface area contributed by atoms with E-state index in [0.29, 0.717) is 11.3 Å². The van der Waals surface area contributed by atoms with E-state index in [1.807, 2.05) is 20.8 Å². The normalized spacial score (nSPS) is 19.2. The first kappa shape index (κ1) is 18.5. The average Bonchev–Trinajstić information content (AvgIpc) is 2.99. The Morgan fingerprint density at radius 2 is 1.88 bits per heavy atom. The van der Waals surface area contributed by atoms with Crippen LogP contribution in [0.25, 0.3) is 0 Å². The second kappa shape index (κ2) is 5.92. The van der Waals surface area contributed by atoms with Gasteiger partial charge in [-0.25, -0.2) is 4.90 Å². The van der Waals surface area contributed by atoms with E-state index in [0.717, 1.165) is 0 Å². The molecule has 1 amide bonds. The maximum Gasteiger partial charge on any atom is 0.313 e. The second-order valence-corrected chi connectivity index (χ2v) is 8.36. The molecule has 1 aliphatic heterocycles. The van der Waals surface area contributed by atoms with Gasteiger partial charge < -0.3 is 9.26 Å². The van der Waals surface area contributed by atoms with Gasteiger partial charge in [0.25, 0.3) is 5.91 Å². The molecule has 24 heavy (non-hydrogen) atoms. The summed E-state index contributed by atoms with van der Waals surface area (Å²) in [6.45, 7) is 12.8. The van der Waals surface area contributed by atoms with E-state index in [1.54, 1.807) is 33.8 Å². The molecule has 1 aromatic heterocycles. The van der Waals surface area contributed by atoms with Crippen LogP contribution in [0.3, 0.4) is 0 Å². The van der Waals surface area contributed by atoms with Crippen LogP contribution >= 0.6 is 11.6 Å². The zero-order valence-corrected chi connectivity index (χ0v) is 15.8. The molecule has 2 heterocycles. The lowest BCUT2D eigenvalue weighted by molar-refractivity contribution is -0.156. The largest absolute Gasteiger partial charge is 0.437 e. The Hall–Kier alpha value is -1.82. The molecule has 7 heteroatoms. The van der Waals surface area contributed by atoms with Crippen molar-refractivity contribution in [1.29, 1.82) is 0 Å². The minimum Gasteiger partial charge on any atom is -0.437 e. The van der Waals surface area contributed by atoms with Crippen molar-refractivity contribution in [3.63, 3.8) is 0 Å². The number of aromatic nitrogens is 1. The quantitative estimate of drug-likeness (QED) is 0.756. The summed E-state index contributed by atoms with van der Waals surface area (Å²) in [5, 5.41) is 3.99. The number of amides is 1. The molecule has 0 saturated carbocycles. The number of carbonyl (C=O) groups is 2. The van der Waals surface area contributed by atoms with E-state index >= 15 is 0 Å². The van der Waals surface area contributed by atoms with Crippen LogP contribution < -0.4 is 4.90 Å². The van der Waals surface area contributed by atoms with Crippen molar-refractivity contribution in [3.8, 4) is 0 Å². The van der Waals surface area contributed by atoms with Crippen LogP contribution in [0.2, 0.25) is 0 Å². The zero-order valence-electron chi connectivity index (χ0n) is 15.1. The van der Waals surface area contributed by atoms with E-state index < -0.39 is 23.5 Å². The first-order valence-corrected chi connectivity index (χ1v) is 8.10. The fourth-order valence-corrected chi connectivity index (χ4v) is 2.24. The number of nitrogens with zero attached hydrogens (tertiary/aromatic N) is 2. The van der Waals surface area contributed by atoms with Crippen molar-refractivity contribution in [2.24, 2.45) is 5.41 Å². The first-order valence-electron chi connectivity index (χ1n) is 7.72. The Morgan fingerprint density at radius 1 is 1.29 bits per heavy atom. The van der Waals surface area contributed by atoms with Crippen molar-refractivity contribution in [2.75, 3.05) is 4.90 Å². The fraction of sp³-hybridized carbons (Fsp3) is 0.588. The Balaban J connectivity index is 2.38. The standard InChI is InChI=1S/C17H23ClN2O4/c1-9-12(18)13(21)20(14(9)23-15(22)17(5,6)7)11-8-10(24-19-11)16(2,3)4/h8,14H,1-7H3. The highest BCUT2D eigenvalue weighted by atomic mass is 35.5. The van der Waals surface area contributed by atoms with Gasteiger partial charge in [0.15, 0.2) is 5.82 Å². The van der Waals surface area contributed by atoms with Gasteiger partial charge in [-0.3, -0.25) is 9.59 Å². The summed E-state index contributed by atoms with van der Waals surface area (Å²) >= 11 is 6.09. The Morgan fingerprint density at radius 3 is 2.33 bits per heavy atom. The van der Waals surface area contributed by atoms with Gasteiger partial charge in [0, 0.05) is 17.1 Å². The molecule has 0 aromatic carbocycles. The van der Waals surface area contributed by atoms with Gasteiger partial charge in [0.05, 0.1) is 5.41 Å². The van der Waals surface area contributed by atoms with Crippen LogP contribution in [0, 0.1) is 5.41 Å². The number of halogens is 1. The van der Waals surface area contributed by atoms with Crippen molar-refractivity contribution >= 4 is 29.3 Å². The van der Waals surface area contributed by atoms with E-state index in [2.05, 4.69) is 5.16 Å². The molecule has 0 N–H and O–H groups in total. The summed E-state index contributed by atoms with van der Waals surface area (Å²) in [6.07, 6.45) is -0.922. The third-order valence-electron chi connectivity index (χ3n) is 3.67. The molecule has 0 radical (unpaired) electrons. The molecule has 1 unspecified atom stereocenters. The predicted octanol–water partition coefficient (Wildman–Crippen LogP) is 3.75. The van der Waals surface area contributed by atoms with Crippen LogP contribution in [-0.4, -0.2) is 23.3 Å². The highest BCUT2D eigenvalue weighted by molar-refractivity contribution is 6.45. The molecule has 132 valence electrons. The fourth-order valence-electron chi connectivity index (χ4n) is 2.06. The minimum absolute atomic E-state index is 0.0296. The van der Waals surface area contributed by atoms with E-state index in [1.165, 1.54) is 4.90 Å². The van der Waals surface area contributed by atoms with Crippen LogP contribution in [0.15, 0.2) is 21.2 Å². The van der Waals surface area contributed by atoms with Gasteiger partial charge in [-0.1, -0.05) is 37.5 Å². The number of rotatable bonds is 2. The summed E-state index contributed by atoms with van der Waals surface area (Å²) in [7, 11) is 0. The highest BCUT2D eigenvalue weighted by Gasteiger charge is 2.43. The maximum atomic E-state index is 12.5. The molecule has 1 atom stereocenters. The molecule has 1 aromatic rings. The molecule has 0 spiro atoms. The monoisotopic (exact) mass is 354 g/mol. The molecule has 1 aliphatic rings. The van der Waals surface area contributed by atoms with Gasteiger partial charge in [0.1, 0.15) is 10.8 Å². The third kappa shape index (κ3) is 3.34. The van der Waals surface area contributed by atoms with Crippen LogP contribution in [-0.2, 0) is 19.7 Å². The number of hydrogen-bond acceptors (Lipinski definition) is 5. The van der Waals surface area contributed by atoms with E-state index in [9.17, 15) is 9.59 Å². The van der Waals surface area contributed by atoms with E-state index in [4.69, 9.17) is 20.9 Å². The molecule has 6 nitrogen and oxygen atoms in total. The second-order valence-electron chi connectivity index (χ2n) is 7.98. The molecular formula is C17H23ClN2O4. The molecule has 2 rings (SSSR count). The summed E-state index contributed by atoms with van der Waals surface area (Å²) in [5.41, 5.74) is -0.498. The molecule has 0 bridgehead atoms. The molecular weight excluding hydrogens is 332 g/mol. The summed E-state index contributed by atoms with van der Waals surface area (Å²) < 4.78 is 10.9. The van der Waals surface area contributed by atoms with Crippen LogP contribution in [0.4, 0.5) is 5.82 Å².